The lowest BCUT2D eigenvalue weighted by Crippen LogP contribution is -2.15. The maximum absolute atomic E-state index is 12.7. The normalized spacial score (nSPS) is 11.5. The lowest BCUT2D eigenvalue weighted by atomic mass is 10.2. The van der Waals surface area contributed by atoms with Crippen molar-refractivity contribution in [2.24, 2.45) is 0 Å². The Kier molecular flexibility index (Phi) is 2.82. The second-order valence-corrected chi connectivity index (χ2v) is 3.45. The van der Waals surface area contributed by atoms with Crippen LogP contribution in [0.15, 0.2) is 36.5 Å². The maximum Gasteiger partial charge on any atom is 0.433 e. The first-order valence-electron chi connectivity index (χ1n) is 4.85. The van der Waals surface area contributed by atoms with Crippen LogP contribution >= 0.6 is 0 Å². The van der Waals surface area contributed by atoms with Gasteiger partial charge in [0, 0.05) is 0 Å². The van der Waals surface area contributed by atoms with Crippen molar-refractivity contribution in [3.05, 3.63) is 47.8 Å². The number of carboxylic acids is 1. The standard InChI is InChI=1S/C11H7F3N2O2/c12-11(13,14)9-5-6-15-16(9)8-4-2-1-3-7(8)10(17)18/h1-6H,(H,17,18). The van der Waals surface area contributed by atoms with Gasteiger partial charge in [-0.25, -0.2) is 9.48 Å². The van der Waals surface area contributed by atoms with E-state index in [1.165, 1.54) is 24.3 Å². The lowest BCUT2D eigenvalue weighted by molar-refractivity contribution is -0.142. The van der Waals surface area contributed by atoms with E-state index in [9.17, 15) is 18.0 Å². The fourth-order valence-electron chi connectivity index (χ4n) is 1.55. The van der Waals surface area contributed by atoms with Crippen molar-refractivity contribution in [3.8, 4) is 5.69 Å². The largest absolute Gasteiger partial charge is 0.478 e. The molecule has 0 radical (unpaired) electrons. The molecule has 1 heterocycles. The highest BCUT2D eigenvalue weighted by Gasteiger charge is 2.35. The number of aromatic nitrogens is 2. The van der Waals surface area contributed by atoms with Crippen LogP contribution < -0.4 is 0 Å². The van der Waals surface area contributed by atoms with Crippen LogP contribution in [0.25, 0.3) is 5.69 Å². The summed E-state index contributed by atoms with van der Waals surface area (Å²) in [7, 11) is 0. The summed E-state index contributed by atoms with van der Waals surface area (Å²) in [4.78, 5) is 11.0. The Bertz CT molecular complexity index is 590. The zero-order chi connectivity index (χ0) is 13.3. The number of carbonyl (C=O) groups is 1. The van der Waals surface area contributed by atoms with Crippen molar-refractivity contribution in [1.82, 2.24) is 9.78 Å². The van der Waals surface area contributed by atoms with E-state index in [2.05, 4.69) is 5.10 Å². The van der Waals surface area contributed by atoms with Crippen molar-refractivity contribution in [2.45, 2.75) is 6.18 Å². The Hall–Kier alpha value is -2.31. The molecule has 0 aliphatic rings. The van der Waals surface area contributed by atoms with Gasteiger partial charge in [0.05, 0.1) is 17.4 Å². The molecule has 0 bridgehead atoms. The number of alkyl halides is 3. The minimum absolute atomic E-state index is 0.123. The smallest absolute Gasteiger partial charge is 0.433 e. The minimum atomic E-state index is -4.60. The molecule has 1 aromatic carbocycles. The highest BCUT2D eigenvalue weighted by molar-refractivity contribution is 5.91. The lowest BCUT2D eigenvalue weighted by Gasteiger charge is -2.12. The third kappa shape index (κ3) is 2.06. The number of para-hydroxylation sites is 1. The fourth-order valence-corrected chi connectivity index (χ4v) is 1.55. The monoisotopic (exact) mass is 256 g/mol. The van der Waals surface area contributed by atoms with Gasteiger partial charge in [0.2, 0.25) is 0 Å². The van der Waals surface area contributed by atoms with Crippen LogP contribution in [0.3, 0.4) is 0 Å². The second kappa shape index (κ2) is 4.17. The number of hydrogen-bond donors (Lipinski definition) is 1. The first kappa shape index (κ1) is 12.2. The molecule has 0 aliphatic carbocycles. The second-order valence-electron chi connectivity index (χ2n) is 3.45. The van der Waals surface area contributed by atoms with Crippen LogP contribution in [0.5, 0.6) is 0 Å². The number of hydrogen-bond acceptors (Lipinski definition) is 2. The molecule has 2 rings (SSSR count). The molecule has 18 heavy (non-hydrogen) atoms. The Balaban J connectivity index is 2.64. The van der Waals surface area contributed by atoms with Gasteiger partial charge in [0.15, 0.2) is 0 Å². The third-order valence-corrected chi connectivity index (χ3v) is 2.30. The zero-order valence-electron chi connectivity index (χ0n) is 8.85. The van der Waals surface area contributed by atoms with Gasteiger partial charge in [-0.3, -0.25) is 0 Å². The molecule has 0 atom stereocenters. The fraction of sp³-hybridized carbons (Fsp3) is 0.0909. The average molecular weight is 256 g/mol. The molecule has 0 aliphatic heterocycles. The van der Waals surface area contributed by atoms with Crippen molar-refractivity contribution in [2.75, 3.05) is 0 Å². The summed E-state index contributed by atoms with van der Waals surface area (Å²) in [5.74, 6) is -1.31. The van der Waals surface area contributed by atoms with Crippen LogP contribution in [0, 0.1) is 0 Å². The number of benzene rings is 1. The van der Waals surface area contributed by atoms with Gasteiger partial charge >= 0.3 is 12.1 Å². The van der Waals surface area contributed by atoms with E-state index in [0.717, 1.165) is 12.3 Å². The molecule has 0 spiro atoms. The van der Waals surface area contributed by atoms with E-state index in [4.69, 9.17) is 5.11 Å². The molecule has 0 saturated carbocycles. The predicted octanol–water partition coefficient (Wildman–Crippen LogP) is 2.59. The van der Waals surface area contributed by atoms with Gasteiger partial charge in [-0.15, -0.1) is 0 Å². The number of rotatable bonds is 2. The van der Waals surface area contributed by atoms with Gasteiger partial charge in [0.1, 0.15) is 5.69 Å². The van der Waals surface area contributed by atoms with E-state index >= 15 is 0 Å². The molecule has 1 aromatic heterocycles. The van der Waals surface area contributed by atoms with Gasteiger partial charge < -0.3 is 5.11 Å². The van der Waals surface area contributed by atoms with Crippen LogP contribution in [0.2, 0.25) is 0 Å². The topological polar surface area (TPSA) is 55.1 Å². The Morgan fingerprint density at radius 3 is 2.50 bits per heavy atom. The van der Waals surface area contributed by atoms with E-state index in [1.807, 2.05) is 0 Å². The Labute approximate surface area is 99.3 Å². The van der Waals surface area contributed by atoms with Gasteiger partial charge in [-0.2, -0.15) is 18.3 Å². The average Bonchev–Trinajstić information content (AvgIpc) is 2.77. The van der Waals surface area contributed by atoms with Crippen molar-refractivity contribution >= 4 is 5.97 Å². The van der Waals surface area contributed by atoms with Crippen molar-refractivity contribution in [3.63, 3.8) is 0 Å². The molecule has 0 unspecified atom stereocenters. The van der Waals surface area contributed by atoms with Crippen molar-refractivity contribution < 1.29 is 23.1 Å². The zero-order valence-corrected chi connectivity index (χ0v) is 8.85. The minimum Gasteiger partial charge on any atom is -0.478 e. The number of carboxylic acid groups (broad SMARTS) is 1. The molecule has 1 N–H and O–H groups in total. The summed E-state index contributed by atoms with van der Waals surface area (Å²) < 4.78 is 38.6. The molecule has 4 nitrogen and oxygen atoms in total. The Morgan fingerprint density at radius 1 is 1.22 bits per heavy atom. The van der Waals surface area contributed by atoms with E-state index in [1.54, 1.807) is 0 Å². The summed E-state index contributed by atoms with van der Waals surface area (Å²) in [5.41, 5.74) is -1.38. The molecule has 0 fully saturated rings. The highest BCUT2D eigenvalue weighted by Crippen LogP contribution is 2.31. The first-order chi connectivity index (χ1) is 8.41. The van der Waals surface area contributed by atoms with Gasteiger partial charge in [-0.1, -0.05) is 12.1 Å². The summed E-state index contributed by atoms with van der Waals surface area (Å²) in [6, 6.07) is 6.16. The van der Waals surface area contributed by atoms with Crippen LogP contribution in [0.1, 0.15) is 16.1 Å². The number of halogens is 3. The number of nitrogens with zero attached hydrogens (tertiary/aromatic N) is 2. The molecule has 0 saturated heterocycles. The summed E-state index contributed by atoms with van der Waals surface area (Å²) in [5, 5.41) is 12.5. The summed E-state index contributed by atoms with van der Waals surface area (Å²) >= 11 is 0. The van der Waals surface area contributed by atoms with E-state index < -0.39 is 17.8 Å². The molecule has 2 aromatic rings. The number of aromatic carboxylic acids is 1. The highest BCUT2D eigenvalue weighted by atomic mass is 19.4. The third-order valence-electron chi connectivity index (χ3n) is 2.30. The van der Waals surface area contributed by atoms with Crippen molar-refractivity contribution in [1.29, 1.82) is 0 Å². The molecular formula is C11H7F3N2O2. The Morgan fingerprint density at radius 2 is 1.89 bits per heavy atom. The summed E-state index contributed by atoms with van der Waals surface area (Å²) in [6.45, 7) is 0. The molecule has 0 amide bonds. The first-order valence-corrected chi connectivity index (χ1v) is 4.85. The van der Waals surface area contributed by atoms with Gasteiger partial charge in [-0.05, 0) is 18.2 Å². The summed E-state index contributed by atoms with van der Waals surface area (Å²) in [6.07, 6.45) is -3.62. The van der Waals surface area contributed by atoms with E-state index in [-0.39, 0.29) is 11.3 Å². The maximum atomic E-state index is 12.7. The van der Waals surface area contributed by atoms with E-state index in [0.29, 0.717) is 4.68 Å². The quantitative estimate of drug-likeness (QED) is 0.898. The molecule has 7 heteroatoms. The SMILES string of the molecule is O=C(O)c1ccccc1-n1nccc1C(F)(F)F. The van der Waals surface area contributed by atoms with Crippen LogP contribution in [-0.4, -0.2) is 20.9 Å². The van der Waals surface area contributed by atoms with Gasteiger partial charge in [0.25, 0.3) is 0 Å². The van der Waals surface area contributed by atoms with Crippen LogP contribution in [0.4, 0.5) is 13.2 Å². The molecule has 94 valence electrons. The molecular weight excluding hydrogens is 249 g/mol. The predicted molar refractivity (Wildman–Crippen MR) is 55.5 cm³/mol. The van der Waals surface area contributed by atoms with Crippen LogP contribution in [-0.2, 0) is 6.18 Å².